The molecule has 0 aliphatic rings. The van der Waals surface area contributed by atoms with Crippen molar-refractivity contribution >= 4 is 15.9 Å². The van der Waals surface area contributed by atoms with Gasteiger partial charge < -0.3 is 14.8 Å². The van der Waals surface area contributed by atoms with Gasteiger partial charge in [0.1, 0.15) is 10.6 Å². The van der Waals surface area contributed by atoms with Crippen molar-refractivity contribution in [2.75, 3.05) is 34.4 Å². The number of amides is 1. The zero-order chi connectivity index (χ0) is 15.2. The monoisotopic (exact) mass is 302 g/mol. The van der Waals surface area contributed by atoms with Gasteiger partial charge in [-0.3, -0.25) is 4.79 Å². The fourth-order valence-electron chi connectivity index (χ4n) is 1.51. The van der Waals surface area contributed by atoms with Crippen molar-refractivity contribution < 1.29 is 22.7 Å². The normalized spacial score (nSPS) is 11.2. The number of ether oxygens (including phenoxy) is 2. The number of hydrogen-bond acceptors (Lipinski definition) is 5. The summed E-state index contributed by atoms with van der Waals surface area (Å²) < 4.78 is 35.8. The Balaban J connectivity index is 3.07. The highest BCUT2D eigenvalue weighted by molar-refractivity contribution is 7.89. The minimum Gasteiger partial charge on any atom is -0.495 e. The molecule has 1 amide bonds. The second-order valence-corrected chi connectivity index (χ2v) is 5.68. The van der Waals surface area contributed by atoms with Crippen LogP contribution < -0.4 is 14.8 Å². The van der Waals surface area contributed by atoms with Gasteiger partial charge in [0.25, 0.3) is 5.91 Å². The zero-order valence-electron chi connectivity index (χ0n) is 11.6. The van der Waals surface area contributed by atoms with Crippen LogP contribution in [0.15, 0.2) is 23.1 Å². The number of benzene rings is 1. The predicted molar refractivity (Wildman–Crippen MR) is 73.4 cm³/mol. The van der Waals surface area contributed by atoms with Gasteiger partial charge in [-0.15, -0.1) is 0 Å². The molecule has 0 fully saturated rings. The molecular formula is C12H18N2O5S. The summed E-state index contributed by atoms with van der Waals surface area (Å²) in [4.78, 5) is 11.8. The lowest BCUT2D eigenvalue weighted by Gasteiger charge is -2.11. The van der Waals surface area contributed by atoms with Crippen molar-refractivity contribution in [1.29, 1.82) is 0 Å². The molecule has 2 N–H and O–H groups in total. The topological polar surface area (TPSA) is 93.7 Å². The van der Waals surface area contributed by atoms with E-state index in [1.54, 1.807) is 0 Å². The number of nitrogens with one attached hydrogen (secondary N) is 2. The number of rotatable bonds is 7. The molecule has 20 heavy (non-hydrogen) atoms. The van der Waals surface area contributed by atoms with Gasteiger partial charge in [0.05, 0.1) is 13.7 Å². The lowest BCUT2D eigenvalue weighted by atomic mass is 10.2. The molecule has 1 aromatic carbocycles. The molecule has 0 spiro atoms. The maximum atomic E-state index is 11.9. The van der Waals surface area contributed by atoms with E-state index in [9.17, 15) is 13.2 Å². The summed E-state index contributed by atoms with van der Waals surface area (Å²) in [5.41, 5.74) is 0.232. The largest absolute Gasteiger partial charge is 0.495 e. The lowest BCUT2D eigenvalue weighted by Crippen LogP contribution is -2.27. The van der Waals surface area contributed by atoms with E-state index in [1.807, 2.05) is 0 Å². The molecule has 0 saturated heterocycles. The Morgan fingerprint density at radius 2 is 2.00 bits per heavy atom. The minimum atomic E-state index is -3.70. The fourth-order valence-corrected chi connectivity index (χ4v) is 2.42. The molecule has 0 aliphatic heterocycles. The molecule has 0 heterocycles. The van der Waals surface area contributed by atoms with Gasteiger partial charge in [-0.1, -0.05) is 0 Å². The van der Waals surface area contributed by atoms with E-state index in [-0.39, 0.29) is 22.1 Å². The van der Waals surface area contributed by atoms with Gasteiger partial charge in [0, 0.05) is 19.2 Å². The molecule has 8 heteroatoms. The predicted octanol–water partition coefficient (Wildman–Crippen LogP) is -0.0205. The van der Waals surface area contributed by atoms with E-state index in [2.05, 4.69) is 10.0 Å². The first-order valence-corrected chi connectivity index (χ1v) is 7.33. The van der Waals surface area contributed by atoms with Crippen molar-refractivity contribution in [3.8, 4) is 5.75 Å². The highest BCUT2D eigenvalue weighted by atomic mass is 32.2. The zero-order valence-corrected chi connectivity index (χ0v) is 12.4. The van der Waals surface area contributed by atoms with Crippen LogP contribution in [0.25, 0.3) is 0 Å². The summed E-state index contributed by atoms with van der Waals surface area (Å²) in [6, 6.07) is 4.21. The highest BCUT2D eigenvalue weighted by Gasteiger charge is 2.19. The van der Waals surface area contributed by atoms with E-state index < -0.39 is 10.0 Å². The third kappa shape index (κ3) is 3.92. The summed E-state index contributed by atoms with van der Waals surface area (Å²) in [5.74, 6) is -0.204. The van der Waals surface area contributed by atoms with Gasteiger partial charge in [-0.2, -0.15) is 0 Å². The molecule has 0 aromatic heterocycles. The Morgan fingerprint density at radius 3 is 2.55 bits per heavy atom. The van der Waals surface area contributed by atoms with Crippen LogP contribution >= 0.6 is 0 Å². The van der Waals surface area contributed by atoms with Gasteiger partial charge >= 0.3 is 0 Å². The van der Waals surface area contributed by atoms with Crippen LogP contribution in [0.2, 0.25) is 0 Å². The minimum absolute atomic E-state index is 0.0816. The van der Waals surface area contributed by atoms with Gasteiger partial charge in [-0.25, -0.2) is 13.1 Å². The molecule has 7 nitrogen and oxygen atoms in total. The van der Waals surface area contributed by atoms with Crippen LogP contribution in [0.4, 0.5) is 0 Å². The molecule has 0 bridgehead atoms. The first-order chi connectivity index (χ1) is 9.46. The SMILES string of the molecule is CNS(=O)(=O)c1cc(C(=O)NCCOC)ccc1OC. The van der Waals surface area contributed by atoms with Crippen molar-refractivity contribution in [3.05, 3.63) is 23.8 Å². The summed E-state index contributed by atoms with van der Waals surface area (Å²) in [6.45, 7) is 0.721. The number of sulfonamides is 1. The Hall–Kier alpha value is -1.64. The van der Waals surface area contributed by atoms with Crippen LogP contribution in [0.1, 0.15) is 10.4 Å². The molecular weight excluding hydrogens is 284 g/mol. The average Bonchev–Trinajstić information content (AvgIpc) is 2.46. The molecule has 0 aliphatic carbocycles. The molecule has 0 radical (unpaired) electrons. The van der Waals surface area contributed by atoms with Crippen LogP contribution in [0.5, 0.6) is 5.75 Å². The molecule has 112 valence electrons. The molecule has 0 unspecified atom stereocenters. The first kappa shape index (κ1) is 16.4. The van der Waals surface area contributed by atoms with Crippen LogP contribution in [0, 0.1) is 0 Å². The van der Waals surface area contributed by atoms with Crippen LogP contribution in [0.3, 0.4) is 0 Å². The standard InChI is InChI=1S/C12H18N2O5S/c1-13-20(16,17)11-8-9(4-5-10(11)19-3)12(15)14-6-7-18-2/h4-5,8,13H,6-7H2,1-3H3,(H,14,15). The second-order valence-electron chi connectivity index (χ2n) is 3.82. The molecule has 0 atom stereocenters. The summed E-state index contributed by atoms with van der Waals surface area (Å²) in [5, 5.41) is 2.61. The Morgan fingerprint density at radius 1 is 1.30 bits per heavy atom. The summed E-state index contributed by atoms with van der Waals surface area (Å²) >= 11 is 0. The van der Waals surface area contributed by atoms with Gasteiger partial charge in [0.15, 0.2) is 0 Å². The van der Waals surface area contributed by atoms with Crippen molar-refractivity contribution in [1.82, 2.24) is 10.0 Å². The maximum absolute atomic E-state index is 11.9. The Labute approximate surface area is 118 Å². The van der Waals surface area contributed by atoms with Crippen LogP contribution in [-0.4, -0.2) is 48.7 Å². The Bertz CT molecular complexity index is 571. The summed E-state index contributed by atoms with van der Waals surface area (Å²) in [6.07, 6.45) is 0. The van der Waals surface area contributed by atoms with Gasteiger partial charge in [0.2, 0.25) is 10.0 Å². The number of carbonyl (C=O) groups is 1. The third-order valence-corrected chi connectivity index (χ3v) is 4.01. The first-order valence-electron chi connectivity index (χ1n) is 5.85. The van der Waals surface area contributed by atoms with Crippen molar-refractivity contribution in [2.45, 2.75) is 4.90 Å². The van der Waals surface area contributed by atoms with E-state index in [1.165, 1.54) is 39.5 Å². The van der Waals surface area contributed by atoms with Gasteiger partial charge in [-0.05, 0) is 25.2 Å². The van der Waals surface area contributed by atoms with Crippen molar-refractivity contribution in [2.24, 2.45) is 0 Å². The number of methoxy groups -OCH3 is 2. The summed E-state index contributed by atoms with van der Waals surface area (Å²) in [7, 11) is 0.478. The molecule has 1 rings (SSSR count). The second kappa shape index (κ2) is 7.22. The Kier molecular flexibility index (Phi) is 5.93. The van der Waals surface area contributed by atoms with Crippen LogP contribution in [-0.2, 0) is 14.8 Å². The number of hydrogen-bond donors (Lipinski definition) is 2. The third-order valence-electron chi connectivity index (χ3n) is 2.58. The van der Waals surface area contributed by atoms with E-state index >= 15 is 0 Å². The smallest absolute Gasteiger partial charge is 0.251 e. The number of carbonyl (C=O) groups excluding carboxylic acids is 1. The molecule has 0 saturated carbocycles. The average molecular weight is 302 g/mol. The molecule has 1 aromatic rings. The van der Waals surface area contributed by atoms with E-state index in [4.69, 9.17) is 9.47 Å². The fraction of sp³-hybridized carbons (Fsp3) is 0.417. The van der Waals surface area contributed by atoms with E-state index in [0.717, 1.165) is 0 Å². The lowest BCUT2D eigenvalue weighted by molar-refractivity contribution is 0.0937. The quantitative estimate of drug-likeness (QED) is 0.690. The van der Waals surface area contributed by atoms with E-state index in [0.29, 0.717) is 13.2 Å². The van der Waals surface area contributed by atoms with Crippen molar-refractivity contribution in [3.63, 3.8) is 0 Å². The maximum Gasteiger partial charge on any atom is 0.251 e. The highest BCUT2D eigenvalue weighted by Crippen LogP contribution is 2.24.